The Labute approximate surface area is 108 Å². The zero-order valence-corrected chi connectivity index (χ0v) is 11.1. The minimum atomic E-state index is 0.229. The summed E-state index contributed by atoms with van der Waals surface area (Å²) in [6.45, 7) is 1.88. The van der Waals surface area contributed by atoms with Crippen LogP contribution in [0.3, 0.4) is 0 Å². The van der Waals surface area contributed by atoms with Crippen LogP contribution in [0.4, 0.5) is 0 Å². The average molecular weight is 254 g/mol. The van der Waals surface area contributed by atoms with Gasteiger partial charge in [0.1, 0.15) is 5.75 Å². The molecule has 0 saturated heterocycles. The van der Waals surface area contributed by atoms with Crippen molar-refractivity contribution in [3.05, 3.63) is 28.8 Å². The fourth-order valence-corrected chi connectivity index (χ4v) is 2.87. The Morgan fingerprint density at radius 1 is 1.35 bits per heavy atom. The lowest BCUT2D eigenvalue weighted by Crippen LogP contribution is -2.24. The summed E-state index contributed by atoms with van der Waals surface area (Å²) >= 11 is 5.90. The number of aromatic hydroxyl groups is 1. The van der Waals surface area contributed by atoms with Gasteiger partial charge in [0.2, 0.25) is 0 Å². The number of nitrogens with zero attached hydrogens (tertiary/aromatic N) is 1. The third-order valence-electron chi connectivity index (χ3n) is 3.56. The van der Waals surface area contributed by atoms with Gasteiger partial charge in [-0.3, -0.25) is 0 Å². The Bertz CT molecular complexity index is 374. The highest BCUT2D eigenvalue weighted by molar-refractivity contribution is 6.32. The quantitative estimate of drug-likeness (QED) is 0.885. The first-order chi connectivity index (χ1) is 8.16. The lowest BCUT2D eigenvalue weighted by atomic mass is 10.1. The summed E-state index contributed by atoms with van der Waals surface area (Å²) < 4.78 is 0. The minimum absolute atomic E-state index is 0.229. The first-order valence-corrected chi connectivity index (χ1v) is 6.69. The molecule has 1 aliphatic carbocycles. The third-order valence-corrected chi connectivity index (χ3v) is 3.86. The molecule has 0 spiro atoms. The first kappa shape index (κ1) is 12.7. The molecule has 0 atom stereocenters. The van der Waals surface area contributed by atoms with E-state index in [0.29, 0.717) is 5.02 Å². The molecule has 1 aromatic carbocycles. The van der Waals surface area contributed by atoms with Crippen LogP contribution in [0.2, 0.25) is 5.02 Å². The van der Waals surface area contributed by atoms with Crippen LogP contribution in [0.25, 0.3) is 0 Å². The van der Waals surface area contributed by atoms with Crippen molar-refractivity contribution in [2.24, 2.45) is 5.92 Å². The van der Waals surface area contributed by atoms with Gasteiger partial charge in [0, 0.05) is 18.7 Å². The number of halogens is 1. The molecule has 1 aromatic rings. The Hall–Kier alpha value is -0.730. The van der Waals surface area contributed by atoms with Crippen molar-refractivity contribution in [1.29, 1.82) is 0 Å². The normalized spacial score (nSPS) is 16.9. The van der Waals surface area contributed by atoms with Gasteiger partial charge in [-0.05, 0) is 31.9 Å². The van der Waals surface area contributed by atoms with Crippen molar-refractivity contribution in [3.63, 3.8) is 0 Å². The van der Waals surface area contributed by atoms with Crippen molar-refractivity contribution >= 4 is 11.6 Å². The van der Waals surface area contributed by atoms with Crippen LogP contribution >= 0.6 is 11.6 Å². The highest BCUT2D eigenvalue weighted by atomic mass is 35.5. The van der Waals surface area contributed by atoms with Crippen molar-refractivity contribution in [1.82, 2.24) is 4.90 Å². The molecule has 2 nitrogen and oxygen atoms in total. The topological polar surface area (TPSA) is 23.5 Å². The Balaban J connectivity index is 1.93. The summed E-state index contributed by atoms with van der Waals surface area (Å²) in [5, 5.41) is 10.3. The smallest absolute Gasteiger partial charge is 0.138 e. The van der Waals surface area contributed by atoms with Crippen molar-refractivity contribution in [3.8, 4) is 5.75 Å². The first-order valence-electron chi connectivity index (χ1n) is 6.31. The summed E-state index contributed by atoms with van der Waals surface area (Å²) in [4.78, 5) is 2.28. The molecule has 3 heteroatoms. The fraction of sp³-hybridized carbons (Fsp3) is 0.571. The summed E-state index contributed by atoms with van der Waals surface area (Å²) in [7, 11) is 2.11. The zero-order valence-electron chi connectivity index (χ0n) is 10.3. The van der Waals surface area contributed by atoms with Gasteiger partial charge in [-0.15, -0.1) is 0 Å². The lowest BCUT2D eigenvalue weighted by molar-refractivity contribution is 0.268. The maximum absolute atomic E-state index is 9.85. The van der Waals surface area contributed by atoms with Crippen molar-refractivity contribution in [2.45, 2.75) is 32.2 Å². The van der Waals surface area contributed by atoms with E-state index in [0.717, 1.165) is 24.6 Å². The molecule has 0 radical (unpaired) electrons. The van der Waals surface area contributed by atoms with E-state index in [9.17, 15) is 5.11 Å². The van der Waals surface area contributed by atoms with Gasteiger partial charge < -0.3 is 10.0 Å². The van der Waals surface area contributed by atoms with Gasteiger partial charge in [-0.1, -0.05) is 36.6 Å². The molecule has 1 saturated carbocycles. The second kappa shape index (κ2) is 5.74. The SMILES string of the molecule is CN(Cc1cccc(Cl)c1O)CC1CCCC1. The van der Waals surface area contributed by atoms with Gasteiger partial charge in [-0.2, -0.15) is 0 Å². The van der Waals surface area contributed by atoms with E-state index in [1.807, 2.05) is 12.1 Å². The molecule has 1 aliphatic rings. The molecular formula is C14H20ClNO. The van der Waals surface area contributed by atoms with Gasteiger partial charge >= 0.3 is 0 Å². The molecule has 0 amide bonds. The van der Waals surface area contributed by atoms with Gasteiger partial charge in [0.05, 0.1) is 5.02 Å². The van der Waals surface area contributed by atoms with E-state index in [1.165, 1.54) is 25.7 Å². The van der Waals surface area contributed by atoms with Gasteiger partial charge in [0.25, 0.3) is 0 Å². The maximum Gasteiger partial charge on any atom is 0.138 e. The molecule has 2 rings (SSSR count). The van der Waals surface area contributed by atoms with E-state index >= 15 is 0 Å². The van der Waals surface area contributed by atoms with Crippen LogP contribution in [0.5, 0.6) is 5.75 Å². The molecule has 0 heterocycles. The highest BCUT2D eigenvalue weighted by Crippen LogP contribution is 2.29. The largest absolute Gasteiger partial charge is 0.506 e. The summed E-state index contributed by atoms with van der Waals surface area (Å²) in [5.74, 6) is 1.06. The second-order valence-corrected chi connectivity index (χ2v) is 5.50. The molecular weight excluding hydrogens is 234 g/mol. The molecule has 1 N–H and O–H groups in total. The van der Waals surface area contributed by atoms with E-state index in [2.05, 4.69) is 11.9 Å². The number of hydrogen-bond donors (Lipinski definition) is 1. The van der Waals surface area contributed by atoms with E-state index in [-0.39, 0.29) is 5.75 Å². The molecule has 1 fully saturated rings. The number of phenols is 1. The summed E-state index contributed by atoms with van der Waals surface area (Å²) in [5.41, 5.74) is 0.915. The number of phenolic OH excluding ortho intramolecular Hbond substituents is 1. The van der Waals surface area contributed by atoms with Crippen molar-refractivity contribution < 1.29 is 5.11 Å². The zero-order chi connectivity index (χ0) is 12.3. The Kier molecular flexibility index (Phi) is 4.30. The number of benzene rings is 1. The molecule has 0 aromatic heterocycles. The highest BCUT2D eigenvalue weighted by Gasteiger charge is 2.17. The number of para-hydroxylation sites is 1. The molecule has 94 valence electrons. The maximum atomic E-state index is 9.85. The van der Waals surface area contributed by atoms with Gasteiger partial charge in [0.15, 0.2) is 0 Å². The molecule has 0 bridgehead atoms. The third kappa shape index (κ3) is 3.36. The van der Waals surface area contributed by atoms with Crippen LogP contribution in [-0.4, -0.2) is 23.6 Å². The molecule has 0 unspecified atom stereocenters. The fourth-order valence-electron chi connectivity index (χ4n) is 2.68. The monoisotopic (exact) mass is 253 g/mol. The Morgan fingerprint density at radius 2 is 2.06 bits per heavy atom. The lowest BCUT2D eigenvalue weighted by Gasteiger charge is -2.21. The summed E-state index contributed by atoms with van der Waals surface area (Å²) in [6.07, 6.45) is 5.46. The second-order valence-electron chi connectivity index (χ2n) is 5.09. The Morgan fingerprint density at radius 3 is 2.76 bits per heavy atom. The van der Waals surface area contributed by atoms with Crippen LogP contribution in [0, 0.1) is 5.92 Å². The predicted molar refractivity (Wildman–Crippen MR) is 71.4 cm³/mol. The van der Waals surface area contributed by atoms with Crippen LogP contribution < -0.4 is 0 Å². The van der Waals surface area contributed by atoms with Crippen LogP contribution in [0.15, 0.2) is 18.2 Å². The van der Waals surface area contributed by atoms with Crippen LogP contribution in [0.1, 0.15) is 31.2 Å². The minimum Gasteiger partial charge on any atom is -0.506 e. The predicted octanol–water partition coefficient (Wildman–Crippen LogP) is 3.67. The van der Waals surface area contributed by atoms with E-state index in [4.69, 9.17) is 11.6 Å². The standard InChI is InChI=1S/C14H20ClNO/c1-16(9-11-5-2-3-6-11)10-12-7-4-8-13(15)14(12)17/h4,7-8,11,17H,2-3,5-6,9-10H2,1H3. The van der Waals surface area contributed by atoms with Gasteiger partial charge in [-0.25, -0.2) is 0 Å². The summed E-state index contributed by atoms with van der Waals surface area (Å²) in [6, 6.07) is 5.55. The molecule has 17 heavy (non-hydrogen) atoms. The van der Waals surface area contributed by atoms with E-state index < -0.39 is 0 Å². The number of hydrogen-bond acceptors (Lipinski definition) is 2. The number of rotatable bonds is 4. The van der Waals surface area contributed by atoms with E-state index in [1.54, 1.807) is 6.07 Å². The van der Waals surface area contributed by atoms with Crippen LogP contribution in [-0.2, 0) is 6.54 Å². The average Bonchev–Trinajstić information content (AvgIpc) is 2.77. The molecule has 0 aliphatic heterocycles. The van der Waals surface area contributed by atoms with Crippen molar-refractivity contribution in [2.75, 3.05) is 13.6 Å².